The maximum atomic E-state index is 13.9. The van der Waals surface area contributed by atoms with E-state index in [1.165, 1.54) is 118 Å². The largest absolute Gasteiger partial charge is 0.272 e. The van der Waals surface area contributed by atoms with Gasteiger partial charge >= 0.3 is 0 Å². The zero-order valence-corrected chi connectivity index (χ0v) is 41.5. The third-order valence-electron chi connectivity index (χ3n) is 18.7. The number of benzene rings is 17. The molecule has 76 heavy (non-hydrogen) atoms. The van der Waals surface area contributed by atoms with Gasteiger partial charge in [-0.3, -0.25) is 29.0 Å². The molecule has 0 saturated carbocycles. The first kappa shape index (κ1) is 39.9. The Morgan fingerprint density at radius 1 is 0.197 bits per heavy atom. The minimum atomic E-state index is -0.246. The first-order valence-electron chi connectivity index (χ1n) is 26.5. The van der Waals surface area contributed by atoms with Crippen LogP contribution in [0.4, 0.5) is 0 Å². The van der Waals surface area contributed by atoms with E-state index < -0.39 is 0 Å². The van der Waals surface area contributed by atoms with Crippen LogP contribution in [0.1, 0.15) is 69.1 Å². The van der Waals surface area contributed by atoms with Gasteiger partial charge in [-0.15, -0.1) is 0 Å². The molecular formula is C70H38N2O4. The standard InChI is InChI=1S/C70H38N2O4/c1-29(2)71-67(73)51-25-21-47-43-17-13-39-35-9-5-31-33-7-11-37-41-15-19-45-49-23-27-53-66-54(70(76)72(30(3)4)69(53)75)28-24-50(64(49)66)46-20-16-42(60(41)62(45)46)38-12-8-34(56(33)58(37)38)32-6-10-36(57(35)55(31)32)40-14-18-44(61(43)59(39)40)48-22-26-52(68(71)74)65(51)63(47)48/h5-30H,1-4H3. The Bertz CT molecular complexity index is 5070. The number of amides is 4. The molecular weight excluding hydrogens is 933 g/mol. The molecule has 0 spiro atoms. The van der Waals surface area contributed by atoms with Crippen molar-refractivity contribution < 1.29 is 19.2 Å². The van der Waals surface area contributed by atoms with E-state index in [0.29, 0.717) is 22.3 Å². The van der Waals surface area contributed by atoms with Gasteiger partial charge in [0.1, 0.15) is 0 Å². The summed E-state index contributed by atoms with van der Waals surface area (Å²) in [6.45, 7) is 7.57. The SMILES string of the molecule is CC(C)N1C(=O)c2ccc3c4ccc5c6ccc7c8ccc9c%10ccc%11c%12ccc%13c%14c(ccc(c%15ccc(c%16ccc(c%17ccc(c%18ccc(c%19ccc(c2c3%19)C1=O)c4c5%18)c6c7%17)c8c9%16)c%10c%11%15)c%14%12)C(=O)N(C(C)C)C%13=O. The van der Waals surface area contributed by atoms with E-state index in [4.69, 9.17) is 0 Å². The van der Waals surface area contributed by atoms with Gasteiger partial charge in [-0.05, 0) is 214 Å². The van der Waals surface area contributed by atoms with Crippen molar-refractivity contribution in [2.24, 2.45) is 0 Å². The minimum Gasteiger partial charge on any atom is -0.272 e. The topological polar surface area (TPSA) is 74.8 Å². The van der Waals surface area contributed by atoms with Gasteiger partial charge in [0.15, 0.2) is 0 Å². The van der Waals surface area contributed by atoms with Gasteiger partial charge in [0.25, 0.3) is 23.6 Å². The number of carbonyl (C=O) groups excluding carboxylic acids is 4. The monoisotopic (exact) mass is 970 g/mol. The molecule has 352 valence electrons. The Labute approximate surface area is 430 Å². The molecule has 0 unspecified atom stereocenters. The molecule has 6 nitrogen and oxygen atoms in total. The number of rotatable bonds is 2. The van der Waals surface area contributed by atoms with Crippen LogP contribution >= 0.6 is 0 Å². The third kappa shape index (κ3) is 4.14. The van der Waals surface area contributed by atoms with Crippen LogP contribution in [0, 0.1) is 0 Å². The Morgan fingerprint density at radius 3 is 0.447 bits per heavy atom. The van der Waals surface area contributed by atoms with Gasteiger partial charge in [-0.2, -0.15) is 0 Å². The van der Waals surface area contributed by atoms with E-state index in [0.717, 1.165) is 64.6 Å². The fourth-order valence-electron chi connectivity index (χ4n) is 15.8. The van der Waals surface area contributed by atoms with Gasteiger partial charge in [0.05, 0.1) is 0 Å². The summed E-state index contributed by atoms with van der Waals surface area (Å²) in [4.78, 5) is 58.5. The van der Waals surface area contributed by atoms with Gasteiger partial charge in [-0.1, -0.05) is 121 Å². The number of carbonyl (C=O) groups is 4. The van der Waals surface area contributed by atoms with Crippen LogP contribution in [0.5, 0.6) is 0 Å². The van der Waals surface area contributed by atoms with Gasteiger partial charge in [0.2, 0.25) is 0 Å². The van der Waals surface area contributed by atoms with Crippen LogP contribution in [0.25, 0.3) is 172 Å². The zero-order valence-electron chi connectivity index (χ0n) is 41.5. The Kier molecular flexibility index (Phi) is 6.67. The van der Waals surface area contributed by atoms with Crippen molar-refractivity contribution in [2.75, 3.05) is 0 Å². The lowest BCUT2D eigenvalue weighted by atomic mass is 9.79. The average Bonchev–Trinajstić information content (AvgIpc) is 3.61. The third-order valence-corrected chi connectivity index (χ3v) is 18.7. The van der Waals surface area contributed by atoms with Crippen LogP contribution < -0.4 is 0 Å². The summed E-state index contributed by atoms with van der Waals surface area (Å²) in [6, 6.07) is 52.8. The van der Waals surface area contributed by atoms with Crippen molar-refractivity contribution in [2.45, 2.75) is 39.8 Å². The molecule has 17 aromatic rings. The van der Waals surface area contributed by atoms with Crippen molar-refractivity contribution in [3.05, 3.63) is 168 Å². The van der Waals surface area contributed by atoms with Crippen LogP contribution in [0.15, 0.2) is 146 Å². The second kappa shape index (κ2) is 12.7. The normalized spacial score (nSPS) is 14.9. The van der Waals surface area contributed by atoms with Crippen molar-refractivity contribution >= 4 is 196 Å². The lowest BCUT2D eigenvalue weighted by molar-refractivity contribution is 0.0547. The number of hydrogen-bond acceptors (Lipinski definition) is 4. The molecule has 0 radical (unpaired) electrons. The van der Waals surface area contributed by atoms with Crippen molar-refractivity contribution in [3.63, 3.8) is 0 Å². The zero-order chi connectivity index (χ0) is 50.4. The van der Waals surface area contributed by atoms with Crippen LogP contribution in [0.3, 0.4) is 0 Å². The predicted octanol–water partition coefficient (Wildman–Crippen LogP) is 17.3. The maximum Gasteiger partial charge on any atom is 0.261 e. The van der Waals surface area contributed by atoms with Crippen molar-refractivity contribution in [1.29, 1.82) is 0 Å². The molecule has 2 aliphatic heterocycles. The molecule has 17 aromatic carbocycles. The smallest absolute Gasteiger partial charge is 0.261 e. The summed E-state index contributed by atoms with van der Waals surface area (Å²) < 4.78 is 0. The van der Waals surface area contributed by atoms with Crippen molar-refractivity contribution in [3.8, 4) is 0 Å². The summed E-state index contributed by atoms with van der Waals surface area (Å²) >= 11 is 0. The highest BCUT2D eigenvalue weighted by Crippen LogP contribution is 2.55. The van der Waals surface area contributed by atoms with Crippen molar-refractivity contribution in [1.82, 2.24) is 9.80 Å². The highest BCUT2D eigenvalue weighted by atomic mass is 16.2. The average molecular weight is 971 g/mol. The molecule has 4 amide bonds. The molecule has 0 fully saturated rings. The summed E-state index contributed by atoms with van der Waals surface area (Å²) in [6.07, 6.45) is 0. The van der Waals surface area contributed by atoms with Gasteiger partial charge < -0.3 is 0 Å². The lowest BCUT2D eigenvalue weighted by Crippen LogP contribution is -2.44. The summed E-state index contributed by atoms with van der Waals surface area (Å²) in [5.41, 5.74) is 2.36. The Hall–Kier alpha value is -9.52. The first-order valence-corrected chi connectivity index (χ1v) is 26.5. The highest BCUT2D eigenvalue weighted by Gasteiger charge is 2.38. The fraction of sp³-hybridized carbons (Fsp3) is 0.0857. The molecule has 2 aliphatic rings. The molecule has 0 aromatic heterocycles. The minimum absolute atomic E-state index is 0.230. The van der Waals surface area contributed by atoms with Crippen LogP contribution in [0.2, 0.25) is 0 Å². The lowest BCUT2D eigenvalue weighted by Gasteiger charge is -2.31. The molecule has 2 heterocycles. The number of imide groups is 2. The maximum absolute atomic E-state index is 13.9. The summed E-state index contributed by atoms with van der Waals surface area (Å²) in [5.74, 6) is -0.918. The molecule has 0 atom stereocenters. The second-order valence-corrected chi connectivity index (χ2v) is 22.6. The van der Waals surface area contributed by atoms with Crippen LogP contribution in [-0.4, -0.2) is 45.5 Å². The molecule has 0 N–H and O–H groups in total. The van der Waals surface area contributed by atoms with E-state index in [2.05, 4.69) is 121 Å². The number of fused-ring (bicyclic) bond motifs is 10. The summed E-state index contributed by atoms with van der Waals surface area (Å²) in [5, 5.41) is 37.0. The molecule has 0 saturated heterocycles. The Morgan fingerprint density at radius 2 is 0.316 bits per heavy atom. The molecule has 19 rings (SSSR count). The quantitative estimate of drug-likeness (QED) is 0.0983. The van der Waals surface area contributed by atoms with E-state index in [1.54, 1.807) is 0 Å². The van der Waals surface area contributed by atoms with E-state index in [-0.39, 0.29) is 35.7 Å². The predicted molar refractivity (Wildman–Crippen MR) is 314 cm³/mol. The Balaban J connectivity index is 0.867. The highest BCUT2D eigenvalue weighted by molar-refractivity contribution is 6.50. The van der Waals surface area contributed by atoms with Gasteiger partial charge in [0, 0.05) is 45.1 Å². The number of nitrogens with zero attached hydrogens (tertiary/aromatic N) is 2. The second-order valence-electron chi connectivity index (χ2n) is 22.6. The van der Waals surface area contributed by atoms with Gasteiger partial charge in [-0.25, -0.2) is 0 Å². The first-order chi connectivity index (χ1) is 37.1. The fourth-order valence-corrected chi connectivity index (χ4v) is 15.8. The summed E-state index contributed by atoms with van der Waals surface area (Å²) in [7, 11) is 0. The number of hydrogen-bond donors (Lipinski definition) is 0. The van der Waals surface area contributed by atoms with E-state index >= 15 is 0 Å². The van der Waals surface area contributed by atoms with E-state index in [1.807, 2.05) is 52.0 Å². The molecule has 0 aliphatic carbocycles. The van der Waals surface area contributed by atoms with E-state index in [9.17, 15) is 19.2 Å². The van der Waals surface area contributed by atoms with Crippen LogP contribution in [-0.2, 0) is 0 Å². The molecule has 6 heteroatoms. The molecule has 0 bridgehead atoms.